The molecule has 0 fully saturated rings. The summed E-state index contributed by atoms with van der Waals surface area (Å²) in [6, 6.07) is 14.8. The second-order valence-electron chi connectivity index (χ2n) is 11.1. The number of halogens is 5. The van der Waals surface area contributed by atoms with Crippen molar-refractivity contribution in [2.24, 2.45) is 0 Å². The van der Waals surface area contributed by atoms with Crippen molar-refractivity contribution in [2.75, 3.05) is 38.7 Å². The molecule has 10 nitrogen and oxygen atoms in total. The number of fused-ring (bicyclic) bond motifs is 1. The first-order valence-electron chi connectivity index (χ1n) is 15.4. The average Bonchev–Trinajstić information content (AvgIpc) is 3.49. The van der Waals surface area contributed by atoms with Crippen LogP contribution < -0.4 is 25.4 Å². The van der Waals surface area contributed by atoms with E-state index >= 15 is 0 Å². The third-order valence-electron chi connectivity index (χ3n) is 7.88. The van der Waals surface area contributed by atoms with E-state index in [1.807, 2.05) is 18.2 Å². The number of aliphatic hydroxyl groups excluding tert-OH is 2. The zero-order chi connectivity index (χ0) is 35.1. The van der Waals surface area contributed by atoms with Crippen molar-refractivity contribution in [1.29, 1.82) is 0 Å². The molecule has 0 bridgehead atoms. The van der Waals surface area contributed by atoms with E-state index < -0.39 is 17.8 Å². The number of amides is 1. The Hall–Kier alpha value is -3.98. The number of ether oxygens (including phenoxy) is 2. The number of pyridine rings is 2. The van der Waals surface area contributed by atoms with E-state index in [0.717, 1.165) is 16.7 Å². The third kappa shape index (κ3) is 8.43. The molecular weight excluding hydrogens is 686 g/mol. The largest absolute Gasteiger partial charge is 0.481 e. The van der Waals surface area contributed by atoms with Crippen LogP contribution in [-0.2, 0) is 25.7 Å². The minimum atomic E-state index is -4.77. The molecule has 4 aromatic rings. The number of alkyl halides is 3. The van der Waals surface area contributed by atoms with Gasteiger partial charge in [0.2, 0.25) is 11.8 Å². The third-order valence-corrected chi connectivity index (χ3v) is 8.55. The highest BCUT2D eigenvalue weighted by Gasteiger charge is 2.36. The first kappa shape index (κ1) is 36.3. The van der Waals surface area contributed by atoms with Gasteiger partial charge in [-0.1, -0.05) is 59.6 Å². The second kappa shape index (κ2) is 16.2. The average molecular weight is 721 g/mol. The number of hydrogen-bond donors (Lipinski definition) is 5. The number of hydrogen-bond acceptors (Lipinski definition) is 9. The summed E-state index contributed by atoms with van der Waals surface area (Å²) in [5, 5.41) is 26.6. The van der Waals surface area contributed by atoms with E-state index in [4.69, 9.17) is 42.9 Å². The highest BCUT2D eigenvalue weighted by Crippen LogP contribution is 2.43. The Morgan fingerprint density at radius 1 is 0.939 bits per heavy atom. The number of aliphatic hydroxyl groups is 2. The Labute approximate surface area is 290 Å². The van der Waals surface area contributed by atoms with Crippen molar-refractivity contribution in [3.63, 3.8) is 0 Å². The fraction of sp³-hybridized carbons (Fsp3) is 0.324. The van der Waals surface area contributed by atoms with Gasteiger partial charge in [-0.25, -0.2) is 4.98 Å². The van der Waals surface area contributed by atoms with E-state index in [2.05, 4.69) is 25.9 Å². The van der Waals surface area contributed by atoms with Crippen molar-refractivity contribution in [2.45, 2.75) is 38.2 Å². The Kier molecular flexibility index (Phi) is 12.0. The van der Waals surface area contributed by atoms with Crippen LogP contribution in [0.2, 0.25) is 10.0 Å². The van der Waals surface area contributed by atoms with Crippen LogP contribution in [-0.4, -0.2) is 59.5 Å². The Morgan fingerprint density at radius 2 is 1.63 bits per heavy atom. The van der Waals surface area contributed by atoms with Gasteiger partial charge in [0.15, 0.2) is 5.69 Å². The Bertz CT molecular complexity index is 1810. The zero-order valence-electron chi connectivity index (χ0n) is 26.3. The number of carbonyl (C=O) groups is 1. The molecule has 1 atom stereocenters. The van der Waals surface area contributed by atoms with Crippen LogP contribution in [0.3, 0.4) is 0 Å². The van der Waals surface area contributed by atoms with Crippen LogP contribution in [0.5, 0.6) is 11.8 Å². The Morgan fingerprint density at radius 3 is 2.33 bits per heavy atom. The topological polar surface area (TPSA) is 138 Å². The van der Waals surface area contributed by atoms with Gasteiger partial charge in [0.05, 0.1) is 30.9 Å². The van der Waals surface area contributed by atoms with Crippen LogP contribution in [0.15, 0.2) is 54.6 Å². The molecule has 15 heteroatoms. The Balaban J connectivity index is 1.37. The molecule has 1 aliphatic carbocycles. The second-order valence-corrected chi connectivity index (χ2v) is 11.9. The quantitative estimate of drug-likeness (QED) is 0.100. The van der Waals surface area contributed by atoms with Gasteiger partial charge in [0, 0.05) is 37.3 Å². The predicted molar refractivity (Wildman–Crippen MR) is 179 cm³/mol. The van der Waals surface area contributed by atoms with Crippen LogP contribution in [0, 0.1) is 0 Å². The molecule has 0 spiro atoms. The number of rotatable bonds is 14. The molecule has 1 aliphatic rings. The molecule has 0 unspecified atom stereocenters. The van der Waals surface area contributed by atoms with Gasteiger partial charge in [-0.2, -0.15) is 18.2 Å². The normalized spacial score (nSPS) is 14.1. The molecule has 2 aromatic carbocycles. The summed E-state index contributed by atoms with van der Waals surface area (Å²) in [7, 11) is 1.50. The summed E-state index contributed by atoms with van der Waals surface area (Å²) in [4.78, 5) is 21.5. The van der Waals surface area contributed by atoms with Gasteiger partial charge in [0.25, 0.3) is 5.91 Å². The maximum atomic E-state index is 13.8. The summed E-state index contributed by atoms with van der Waals surface area (Å²) in [5.41, 5.74) is 2.70. The number of nitrogens with one attached hydrogen (secondary N) is 3. The lowest BCUT2D eigenvalue weighted by atomic mass is 9.95. The van der Waals surface area contributed by atoms with Gasteiger partial charge < -0.3 is 35.6 Å². The first-order valence-corrected chi connectivity index (χ1v) is 16.1. The number of carbonyl (C=O) groups excluding carboxylic acids is 1. The molecule has 5 N–H and O–H groups in total. The van der Waals surface area contributed by atoms with E-state index in [9.17, 15) is 18.0 Å². The summed E-state index contributed by atoms with van der Waals surface area (Å²) in [6.07, 6.45) is -3.91. The lowest BCUT2D eigenvalue weighted by molar-refractivity contribution is -0.141. The number of benzene rings is 2. The molecule has 260 valence electrons. The van der Waals surface area contributed by atoms with Crippen molar-refractivity contribution in [3.05, 3.63) is 98.2 Å². The summed E-state index contributed by atoms with van der Waals surface area (Å²) in [5.74, 6) is -0.462. The lowest BCUT2D eigenvalue weighted by Gasteiger charge is -2.18. The van der Waals surface area contributed by atoms with Crippen LogP contribution in [0.1, 0.15) is 50.8 Å². The molecule has 49 heavy (non-hydrogen) atoms. The maximum Gasteiger partial charge on any atom is 0.433 e. The molecule has 0 saturated carbocycles. The van der Waals surface area contributed by atoms with E-state index in [1.54, 1.807) is 18.2 Å². The molecular formula is C34H34Cl2F3N5O5. The monoisotopic (exact) mass is 719 g/mol. The molecule has 1 amide bonds. The molecule has 0 saturated heterocycles. The smallest absolute Gasteiger partial charge is 0.433 e. The van der Waals surface area contributed by atoms with Crippen LogP contribution in [0.4, 0.5) is 19.0 Å². The standard InChI is InChI=1S/C34H34Cl2F3N5O5/c1-48-32-20(18-41-13-15-46)16-26(35)33(44-32)49-27-10-9-22-21(4-2-5-23(22)27)24-6-3-7-25(29(24)36)31(47)43-28-11-8-19(17-40-12-14-45)30(42-28)34(37,38)39/h2-8,11,16,27,40-41,45-46H,9-10,12-15,17-18H2,1H3,(H,42,43,47)/t27-/m0/s1. The van der Waals surface area contributed by atoms with Crippen molar-refractivity contribution in [3.8, 4) is 22.9 Å². The molecule has 2 aromatic heterocycles. The molecule has 5 rings (SSSR count). The number of anilines is 1. The predicted octanol–water partition coefficient (Wildman–Crippen LogP) is 5.96. The van der Waals surface area contributed by atoms with Crippen LogP contribution in [0.25, 0.3) is 11.1 Å². The van der Waals surface area contributed by atoms with E-state index in [0.29, 0.717) is 48.0 Å². The van der Waals surface area contributed by atoms with E-state index in [1.165, 1.54) is 25.3 Å². The molecule has 2 heterocycles. The molecule has 0 radical (unpaired) electrons. The SMILES string of the molecule is COc1nc(O[C@H]2CCc3c(-c4cccc(C(=O)Nc5ccc(CNCCO)c(C(F)(F)F)n5)c4Cl)cccc32)c(Cl)cc1CNCCO. The van der Waals surface area contributed by atoms with Gasteiger partial charge >= 0.3 is 6.18 Å². The number of methoxy groups -OCH3 is 1. The minimum absolute atomic E-state index is 0.0134. The molecule has 0 aliphatic heterocycles. The highest BCUT2D eigenvalue weighted by atomic mass is 35.5. The van der Waals surface area contributed by atoms with Gasteiger partial charge in [-0.15, -0.1) is 0 Å². The van der Waals surface area contributed by atoms with Crippen molar-refractivity contribution in [1.82, 2.24) is 20.6 Å². The summed E-state index contributed by atoms with van der Waals surface area (Å²) in [6.45, 7) is 0.503. The van der Waals surface area contributed by atoms with Crippen molar-refractivity contribution < 1.29 is 37.7 Å². The lowest BCUT2D eigenvalue weighted by Crippen LogP contribution is -2.22. The fourth-order valence-electron chi connectivity index (χ4n) is 5.65. The van der Waals surface area contributed by atoms with Crippen molar-refractivity contribution >= 4 is 34.9 Å². The van der Waals surface area contributed by atoms with Crippen LogP contribution >= 0.6 is 23.2 Å². The first-order chi connectivity index (χ1) is 23.5. The summed E-state index contributed by atoms with van der Waals surface area (Å²) < 4.78 is 53.1. The van der Waals surface area contributed by atoms with E-state index in [-0.39, 0.29) is 60.3 Å². The number of nitrogens with zero attached hydrogens (tertiary/aromatic N) is 2. The number of aromatic nitrogens is 2. The highest BCUT2D eigenvalue weighted by molar-refractivity contribution is 6.37. The summed E-state index contributed by atoms with van der Waals surface area (Å²) >= 11 is 13.4. The maximum absolute atomic E-state index is 13.8. The minimum Gasteiger partial charge on any atom is -0.481 e. The fourth-order valence-corrected chi connectivity index (χ4v) is 6.19. The van der Waals surface area contributed by atoms with Gasteiger partial charge in [0.1, 0.15) is 16.9 Å². The van der Waals surface area contributed by atoms with Gasteiger partial charge in [-0.05, 0) is 53.3 Å². The zero-order valence-corrected chi connectivity index (χ0v) is 27.8. The van der Waals surface area contributed by atoms with Gasteiger partial charge in [-0.3, -0.25) is 4.79 Å².